The lowest BCUT2D eigenvalue weighted by molar-refractivity contribution is -0.137. The van der Waals surface area contributed by atoms with Gasteiger partial charge in [-0.1, -0.05) is 63.2 Å². The van der Waals surface area contributed by atoms with E-state index in [0.29, 0.717) is 25.0 Å². The number of sulfonamides is 1. The molecule has 11 heteroatoms. The SMILES string of the molecule is COCCCN(CC(=O)N(CCc1c[nH]c2ccccc12)Cc1ccc(C(F)(F)F)cc1)S(=O)(=O)c1ccc(C(C)(C)C)cc1. The number of aromatic amines is 1. The summed E-state index contributed by atoms with van der Waals surface area (Å²) in [7, 11) is -2.53. The monoisotopic (exact) mass is 643 g/mol. The predicted octanol–water partition coefficient (Wildman–Crippen LogP) is 6.78. The number of carbonyl (C=O) groups is 1. The number of aromatic nitrogens is 1. The van der Waals surface area contributed by atoms with Gasteiger partial charge in [0, 0.05) is 50.5 Å². The molecule has 1 heterocycles. The number of carbonyl (C=O) groups excluding carboxylic acids is 1. The second-order valence-corrected chi connectivity index (χ2v) is 14.0. The lowest BCUT2D eigenvalue weighted by atomic mass is 9.87. The maximum absolute atomic E-state index is 13.9. The number of halogens is 3. The maximum atomic E-state index is 13.9. The van der Waals surface area contributed by atoms with E-state index in [1.807, 2.05) is 51.2 Å². The molecule has 0 fully saturated rings. The van der Waals surface area contributed by atoms with Crippen molar-refractivity contribution >= 4 is 26.8 Å². The van der Waals surface area contributed by atoms with Crippen molar-refractivity contribution in [3.8, 4) is 0 Å². The molecule has 0 bridgehead atoms. The summed E-state index contributed by atoms with van der Waals surface area (Å²) in [6.45, 7) is 6.29. The van der Waals surface area contributed by atoms with Gasteiger partial charge in [0.1, 0.15) is 0 Å². The fraction of sp³-hybridized carbons (Fsp3) is 0.382. The Balaban J connectivity index is 1.61. The fourth-order valence-corrected chi connectivity index (χ4v) is 6.53. The summed E-state index contributed by atoms with van der Waals surface area (Å²) in [6, 6.07) is 19.1. The summed E-state index contributed by atoms with van der Waals surface area (Å²) in [6.07, 6.45) is -1.78. The van der Waals surface area contributed by atoms with Crippen molar-refractivity contribution < 1.29 is 31.1 Å². The number of rotatable bonds is 13. The van der Waals surface area contributed by atoms with Gasteiger partial charge in [0.15, 0.2) is 0 Å². The third-order valence-corrected chi connectivity index (χ3v) is 9.62. The molecule has 4 aromatic rings. The topological polar surface area (TPSA) is 82.7 Å². The maximum Gasteiger partial charge on any atom is 0.416 e. The van der Waals surface area contributed by atoms with Gasteiger partial charge in [-0.25, -0.2) is 8.42 Å². The van der Waals surface area contributed by atoms with Crippen LogP contribution in [-0.4, -0.2) is 61.9 Å². The van der Waals surface area contributed by atoms with Crippen LogP contribution in [0.5, 0.6) is 0 Å². The Morgan fingerprint density at radius 1 is 0.889 bits per heavy atom. The van der Waals surface area contributed by atoms with Crippen molar-refractivity contribution in [3.63, 3.8) is 0 Å². The van der Waals surface area contributed by atoms with Crippen LogP contribution in [0, 0.1) is 0 Å². The number of nitrogens with zero attached hydrogens (tertiary/aromatic N) is 2. The van der Waals surface area contributed by atoms with Gasteiger partial charge in [0.25, 0.3) is 0 Å². The molecule has 45 heavy (non-hydrogen) atoms. The average molecular weight is 644 g/mol. The van der Waals surface area contributed by atoms with Gasteiger partial charge in [0.2, 0.25) is 15.9 Å². The van der Waals surface area contributed by atoms with Crippen LogP contribution in [0.4, 0.5) is 13.2 Å². The number of alkyl halides is 3. The zero-order valence-electron chi connectivity index (χ0n) is 26.0. The lowest BCUT2D eigenvalue weighted by Gasteiger charge is -2.28. The van der Waals surface area contributed by atoms with Gasteiger partial charge in [0.05, 0.1) is 17.0 Å². The number of H-pyrrole nitrogens is 1. The summed E-state index contributed by atoms with van der Waals surface area (Å²) < 4.78 is 73.5. The Morgan fingerprint density at radius 2 is 1.53 bits per heavy atom. The van der Waals surface area contributed by atoms with Crippen LogP contribution in [0.2, 0.25) is 0 Å². The van der Waals surface area contributed by atoms with Crippen molar-refractivity contribution in [1.29, 1.82) is 0 Å². The Kier molecular flexibility index (Phi) is 10.8. The van der Waals surface area contributed by atoms with Gasteiger partial charge in [-0.3, -0.25) is 4.79 Å². The highest BCUT2D eigenvalue weighted by Gasteiger charge is 2.31. The van der Waals surface area contributed by atoms with Crippen LogP contribution in [0.1, 0.15) is 49.4 Å². The second kappa shape index (κ2) is 14.2. The standard InChI is InChI=1S/C34H40F3N3O4S/c1-33(2,3)27-14-16-29(17-15-27)45(42,43)40(19-7-21-44-4)24-32(41)39(23-25-10-12-28(13-11-25)34(35,36)37)20-18-26-22-38-31-9-6-5-8-30(26)31/h5-6,8-17,22,38H,7,18-21,23-24H2,1-4H3. The smallest absolute Gasteiger partial charge is 0.385 e. The minimum atomic E-state index is -4.48. The van der Waals surface area contributed by atoms with Crippen LogP contribution in [0.25, 0.3) is 10.9 Å². The lowest BCUT2D eigenvalue weighted by Crippen LogP contribution is -2.44. The van der Waals surface area contributed by atoms with E-state index in [1.54, 1.807) is 24.3 Å². The van der Waals surface area contributed by atoms with Crippen molar-refractivity contribution in [2.24, 2.45) is 0 Å². The molecule has 3 aromatic carbocycles. The molecule has 0 radical (unpaired) electrons. The number of fused-ring (bicyclic) bond motifs is 1. The normalized spacial score (nSPS) is 12.6. The average Bonchev–Trinajstić information content (AvgIpc) is 3.41. The van der Waals surface area contributed by atoms with E-state index >= 15 is 0 Å². The van der Waals surface area contributed by atoms with E-state index < -0.39 is 34.2 Å². The fourth-order valence-electron chi connectivity index (χ4n) is 5.10. The number of ether oxygens (including phenoxy) is 1. The van der Waals surface area contributed by atoms with Crippen molar-refractivity contribution in [2.75, 3.05) is 33.4 Å². The molecule has 242 valence electrons. The molecule has 1 amide bonds. The molecule has 0 aliphatic rings. The van der Waals surface area contributed by atoms with Gasteiger partial charge < -0.3 is 14.6 Å². The quantitative estimate of drug-likeness (QED) is 0.163. The van der Waals surface area contributed by atoms with Gasteiger partial charge >= 0.3 is 6.18 Å². The van der Waals surface area contributed by atoms with E-state index in [0.717, 1.165) is 38.5 Å². The zero-order valence-corrected chi connectivity index (χ0v) is 26.8. The van der Waals surface area contributed by atoms with Crippen LogP contribution < -0.4 is 0 Å². The van der Waals surface area contributed by atoms with E-state index in [2.05, 4.69) is 4.98 Å². The summed E-state index contributed by atoms with van der Waals surface area (Å²) in [5, 5.41) is 1.00. The van der Waals surface area contributed by atoms with Gasteiger partial charge in [-0.2, -0.15) is 17.5 Å². The molecule has 0 unspecified atom stereocenters. The van der Waals surface area contributed by atoms with E-state index in [1.165, 1.54) is 24.1 Å². The Hall–Kier alpha value is -3.67. The molecule has 0 atom stereocenters. The Morgan fingerprint density at radius 3 is 2.16 bits per heavy atom. The molecule has 4 rings (SSSR count). The summed E-state index contributed by atoms with van der Waals surface area (Å²) in [5.41, 5.74) is 2.45. The second-order valence-electron chi connectivity index (χ2n) is 12.1. The highest BCUT2D eigenvalue weighted by Crippen LogP contribution is 2.30. The molecule has 0 saturated carbocycles. The van der Waals surface area contributed by atoms with Gasteiger partial charge in [-0.15, -0.1) is 0 Å². The van der Waals surface area contributed by atoms with Crippen LogP contribution in [0.3, 0.4) is 0 Å². The first kappa shape index (κ1) is 34.2. The minimum Gasteiger partial charge on any atom is -0.385 e. The van der Waals surface area contributed by atoms with E-state index in [4.69, 9.17) is 4.74 Å². The first-order valence-electron chi connectivity index (χ1n) is 14.8. The molecular weight excluding hydrogens is 603 g/mol. The Bertz CT molecular complexity index is 1680. The van der Waals surface area contributed by atoms with Crippen LogP contribution in [0.15, 0.2) is 83.9 Å². The number of para-hydroxylation sites is 1. The van der Waals surface area contributed by atoms with Crippen LogP contribution in [-0.2, 0) is 44.1 Å². The largest absolute Gasteiger partial charge is 0.416 e. The van der Waals surface area contributed by atoms with Crippen molar-refractivity contribution in [1.82, 2.24) is 14.2 Å². The Labute approximate surface area is 263 Å². The third-order valence-electron chi connectivity index (χ3n) is 7.76. The molecular formula is C34H40F3N3O4S. The number of benzene rings is 3. The number of nitrogens with one attached hydrogen (secondary N) is 1. The molecule has 0 saturated heterocycles. The minimum absolute atomic E-state index is 0.0194. The predicted molar refractivity (Wildman–Crippen MR) is 169 cm³/mol. The highest BCUT2D eigenvalue weighted by molar-refractivity contribution is 7.89. The van der Waals surface area contributed by atoms with E-state index in [9.17, 15) is 26.4 Å². The van der Waals surface area contributed by atoms with Gasteiger partial charge in [-0.05, 0) is 65.3 Å². The third kappa shape index (κ3) is 8.74. The number of hydrogen-bond acceptors (Lipinski definition) is 4. The number of methoxy groups -OCH3 is 1. The molecule has 7 nitrogen and oxygen atoms in total. The highest BCUT2D eigenvalue weighted by atomic mass is 32.2. The summed E-state index contributed by atoms with van der Waals surface area (Å²) >= 11 is 0. The number of amides is 1. The first-order chi connectivity index (χ1) is 21.2. The number of hydrogen-bond donors (Lipinski definition) is 1. The zero-order chi connectivity index (χ0) is 32.8. The van der Waals surface area contributed by atoms with Crippen molar-refractivity contribution in [3.05, 3.63) is 101 Å². The summed E-state index contributed by atoms with van der Waals surface area (Å²) in [5.74, 6) is -0.456. The molecule has 0 aliphatic heterocycles. The van der Waals surface area contributed by atoms with E-state index in [-0.39, 0.29) is 29.9 Å². The van der Waals surface area contributed by atoms with Crippen molar-refractivity contribution in [2.45, 2.75) is 56.6 Å². The van der Waals surface area contributed by atoms with Crippen LogP contribution >= 0.6 is 0 Å². The summed E-state index contributed by atoms with van der Waals surface area (Å²) in [4.78, 5) is 18.7. The molecule has 0 aliphatic carbocycles. The molecule has 0 spiro atoms. The first-order valence-corrected chi connectivity index (χ1v) is 16.2. The molecule has 1 N–H and O–H groups in total. The molecule has 1 aromatic heterocycles.